The lowest BCUT2D eigenvalue weighted by Crippen LogP contribution is -2.73. The fourth-order valence-corrected chi connectivity index (χ4v) is 16.2. The van der Waals surface area contributed by atoms with E-state index >= 15 is 35.1 Å². The molecule has 2 atom stereocenters. The van der Waals surface area contributed by atoms with Crippen molar-refractivity contribution in [3.8, 4) is 0 Å². The third-order valence-corrected chi connectivity index (χ3v) is 16.3. The maximum Gasteiger partial charge on any atom is 0.212 e. The van der Waals surface area contributed by atoms with Gasteiger partial charge in [-0.25, -0.2) is 48.6 Å². The van der Waals surface area contributed by atoms with Crippen molar-refractivity contribution in [3.63, 3.8) is 0 Å². The van der Waals surface area contributed by atoms with Gasteiger partial charge in [-0.2, -0.15) is 0 Å². The monoisotopic (exact) mass is 727 g/mol. The van der Waals surface area contributed by atoms with Crippen LogP contribution >= 0.6 is 7.41 Å². The molecule has 266 valence electrons. The van der Waals surface area contributed by atoms with E-state index in [0.717, 1.165) is 11.1 Å². The standard InChI is InChI=1S/C36H33BF10NOP/c1-15-11-17(3)35(18(4)12-15)50(36-19(5)13-16(2)14-20(36)6)22-10-8-7-9-21(22)37(48(50)49,23-25(38)29(42)33(46)30(43)26(23)39)24-27(40)31(44)34(47)32(45)28(24)41/h11-14,21-22,49H,7-10H2,1-6H3/t21-,22-/m1/s1. The van der Waals surface area contributed by atoms with Crippen LogP contribution in [0.1, 0.15) is 59.1 Å². The van der Waals surface area contributed by atoms with E-state index in [2.05, 4.69) is 0 Å². The minimum absolute atomic E-state index is 0.128. The molecule has 1 aliphatic carbocycles. The third kappa shape index (κ3) is 4.61. The summed E-state index contributed by atoms with van der Waals surface area (Å²) in [7, 11) is -4.01. The summed E-state index contributed by atoms with van der Waals surface area (Å²) >= 11 is 0. The molecule has 14 heteroatoms. The van der Waals surface area contributed by atoms with E-state index in [1.54, 1.807) is 65.8 Å². The predicted octanol–water partition coefficient (Wildman–Crippen LogP) is 8.59. The molecule has 0 bridgehead atoms. The van der Waals surface area contributed by atoms with Crippen LogP contribution in [0.3, 0.4) is 0 Å². The number of hydrogen-bond donors (Lipinski definition) is 1. The summed E-state index contributed by atoms with van der Waals surface area (Å²) in [6, 6.07) is 7.05. The topological polar surface area (TPSA) is 23.5 Å². The first-order valence-corrected chi connectivity index (χ1v) is 17.9. The molecule has 1 N–H and O–H groups in total. The maximum atomic E-state index is 16.4. The summed E-state index contributed by atoms with van der Waals surface area (Å²) in [5.41, 5.74) is -0.961. The molecule has 0 amide bonds. The summed E-state index contributed by atoms with van der Waals surface area (Å²) in [6.07, 6.45) is -4.09. The second-order valence-electron chi connectivity index (χ2n) is 13.9. The smallest absolute Gasteiger partial charge is 0.212 e. The van der Waals surface area contributed by atoms with E-state index in [9.17, 15) is 14.0 Å². The second kappa shape index (κ2) is 12.4. The van der Waals surface area contributed by atoms with Crippen LogP contribution in [-0.2, 0) is 0 Å². The molecule has 4 aromatic rings. The first-order chi connectivity index (χ1) is 23.4. The predicted molar refractivity (Wildman–Crippen MR) is 175 cm³/mol. The Morgan fingerprint density at radius 1 is 0.520 bits per heavy atom. The van der Waals surface area contributed by atoms with E-state index in [1.807, 2.05) is 0 Å². The molecular weight excluding hydrogens is 694 g/mol. The highest BCUT2D eigenvalue weighted by Gasteiger charge is 2.74. The van der Waals surface area contributed by atoms with Crippen LogP contribution in [0.2, 0.25) is 5.82 Å². The summed E-state index contributed by atoms with van der Waals surface area (Å²) in [5, 5.41) is 14.0. The lowest BCUT2D eigenvalue weighted by molar-refractivity contribution is 0.0920. The van der Waals surface area contributed by atoms with Gasteiger partial charge >= 0.3 is 0 Å². The first-order valence-electron chi connectivity index (χ1n) is 16.1. The van der Waals surface area contributed by atoms with Crippen molar-refractivity contribution >= 4 is 35.2 Å². The molecule has 6 rings (SSSR count). The van der Waals surface area contributed by atoms with Gasteiger partial charge in [-0.1, -0.05) is 54.1 Å². The Morgan fingerprint density at radius 3 is 1.16 bits per heavy atom. The first kappa shape index (κ1) is 36.4. The minimum Gasteiger partial charge on any atom is -0.321 e. The van der Waals surface area contributed by atoms with E-state index < -0.39 is 94.3 Å². The molecule has 1 heterocycles. The van der Waals surface area contributed by atoms with Gasteiger partial charge in [0.2, 0.25) is 6.28 Å². The highest BCUT2D eigenvalue weighted by molar-refractivity contribution is 7.90. The number of hydrogen-bond acceptors (Lipinski definition) is 2. The molecular formula is C36H33BF10NOP. The molecule has 1 saturated heterocycles. The van der Waals surface area contributed by atoms with Crippen molar-refractivity contribution in [2.75, 3.05) is 0 Å². The lowest BCUT2D eigenvalue weighted by Gasteiger charge is -2.47. The number of fused-ring (bicyclic) bond motifs is 1. The summed E-state index contributed by atoms with van der Waals surface area (Å²) in [5.74, 6) is -26.9. The second-order valence-corrected chi connectivity index (χ2v) is 17.2. The molecule has 2 nitrogen and oxygen atoms in total. The normalized spacial score (nSPS) is 20.0. The molecule has 0 spiro atoms. The number of rotatable bonds is 4. The minimum atomic E-state index is -4.62. The zero-order valence-electron chi connectivity index (χ0n) is 28.0. The Morgan fingerprint density at radius 2 is 0.820 bits per heavy atom. The van der Waals surface area contributed by atoms with Gasteiger partial charge in [-0.15, -0.1) is 10.9 Å². The van der Waals surface area contributed by atoms with Gasteiger partial charge in [-0.3, -0.25) is 0 Å². The maximum absolute atomic E-state index is 16.4. The van der Waals surface area contributed by atoms with Gasteiger partial charge in [0.15, 0.2) is 34.9 Å². The van der Waals surface area contributed by atoms with Crippen LogP contribution in [0.5, 0.6) is 0 Å². The van der Waals surface area contributed by atoms with Crippen LogP contribution < -0.4 is 21.5 Å². The van der Waals surface area contributed by atoms with E-state index in [4.69, 9.17) is 0 Å². The van der Waals surface area contributed by atoms with Gasteiger partial charge in [0.1, 0.15) is 41.3 Å². The van der Waals surface area contributed by atoms with Crippen LogP contribution in [0.4, 0.5) is 43.9 Å². The highest BCUT2D eigenvalue weighted by atomic mass is 31.2. The fraction of sp³-hybridized carbons (Fsp3) is 0.333. The molecule has 1 saturated carbocycles. The van der Waals surface area contributed by atoms with Gasteiger partial charge in [0.25, 0.3) is 0 Å². The van der Waals surface area contributed by atoms with Gasteiger partial charge in [0.05, 0.1) is 5.66 Å². The van der Waals surface area contributed by atoms with Crippen LogP contribution in [-0.4, -0.2) is 21.9 Å². The zero-order valence-corrected chi connectivity index (χ0v) is 28.9. The molecule has 0 radical (unpaired) electrons. The average molecular weight is 727 g/mol. The Kier molecular flexibility index (Phi) is 9.01. The van der Waals surface area contributed by atoms with Crippen molar-refractivity contribution in [3.05, 3.63) is 116 Å². The SMILES string of the molecule is Cc1cc(C)c([P+]2(c3c(C)cc(C)cc3C)[C@@H]3CCCC[C@H]3[B-](c3c(F)c(F)c(F)c(F)c3F)(c3c(F)c(F)c(F)c(F)c3F)N2O)c(C)c1. The molecule has 1 aliphatic heterocycles. The Bertz CT molecular complexity index is 1880. The van der Waals surface area contributed by atoms with Crippen LogP contribution in [0.25, 0.3) is 0 Å². The Labute approximate surface area is 283 Å². The van der Waals surface area contributed by atoms with Gasteiger partial charge in [0, 0.05) is 0 Å². The molecule has 50 heavy (non-hydrogen) atoms. The van der Waals surface area contributed by atoms with Crippen molar-refractivity contribution < 1.29 is 49.1 Å². The highest BCUT2D eigenvalue weighted by Crippen LogP contribution is 2.78. The van der Waals surface area contributed by atoms with Crippen molar-refractivity contribution in [2.45, 2.75) is 78.7 Å². The Balaban J connectivity index is 1.97. The van der Waals surface area contributed by atoms with Crippen LogP contribution in [0.15, 0.2) is 24.3 Å². The number of benzene rings is 4. The number of nitrogens with zero attached hydrogens (tertiary/aromatic N) is 1. The molecule has 2 aliphatic rings. The zero-order chi connectivity index (χ0) is 36.9. The quantitative estimate of drug-likeness (QED) is 0.0749. The van der Waals surface area contributed by atoms with Crippen molar-refractivity contribution in [1.82, 2.24) is 4.74 Å². The Hall–Kier alpha value is -3.41. The summed E-state index contributed by atoms with van der Waals surface area (Å²) in [6.45, 7) is 10.4. The molecule has 2 fully saturated rings. The number of halogens is 10. The van der Waals surface area contributed by atoms with E-state index in [-0.39, 0.29) is 19.3 Å². The third-order valence-electron chi connectivity index (χ3n) is 10.9. The molecule has 0 aromatic heterocycles. The van der Waals surface area contributed by atoms with Gasteiger partial charge < -0.3 is 5.21 Å². The fourth-order valence-electron chi connectivity index (χ4n) is 9.67. The van der Waals surface area contributed by atoms with Crippen molar-refractivity contribution in [2.24, 2.45) is 0 Å². The number of aryl methyl sites for hydroxylation is 6. The molecule has 4 aromatic carbocycles. The van der Waals surface area contributed by atoms with Gasteiger partial charge in [-0.05, 0) is 76.6 Å². The van der Waals surface area contributed by atoms with Crippen molar-refractivity contribution in [1.29, 1.82) is 0 Å². The largest absolute Gasteiger partial charge is 0.321 e. The lowest BCUT2D eigenvalue weighted by atomic mass is 9.20. The van der Waals surface area contributed by atoms with E-state index in [1.165, 1.54) is 0 Å². The summed E-state index contributed by atoms with van der Waals surface area (Å²) < 4.78 is 156. The van der Waals surface area contributed by atoms with Crippen LogP contribution in [0, 0.1) is 99.7 Å². The molecule has 0 unspecified atom stereocenters. The summed E-state index contributed by atoms with van der Waals surface area (Å²) in [4.78, 5) is 0. The van der Waals surface area contributed by atoms with E-state index in [0.29, 0.717) is 44.0 Å². The average Bonchev–Trinajstić information content (AvgIpc) is 3.25.